The minimum Gasteiger partial charge on any atom is -0.456 e. The van der Waals surface area contributed by atoms with Gasteiger partial charge in [-0.1, -0.05) is 48.5 Å². The van der Waals surface area contributed by atoms with Crippen molar-refractivity contribution in [2.24, 2.45) is 0 Å². The molecule has 0 aliphatic rings. The van der Waals surface area contributed by atoms with Gasteiger partial charge < -0.3 is 8.83 Å². The van der Waals surface area contributed by atoms with Crippen LogP contribution in [-0.4, -0.2) is 4.98 Å². The van der Waals surface area contributed by atoms with Crippen molar-refractivity contribution < 1.29 is 8.83 Å². The largest absolute Gasteiger partial charge is 0.456 e. The third-order valence-electron chi connectivity index (χ3n) is 5.92. The molecule has 3 nitrogen and oxygen atoms in total. The monoisotopic (exact) mass is 385 g/mol. The Balaban J connectivity index is 1.75. The SMILES string of the molecule is c1ccc(-c2cc3oc4ccc5oc6ccccc6c5c4c3c3ccccc23)nc1. The molecule has 7 aromatic rings. The third-order valence-corrected chi connectivity index (χ3v) is 5.92. The molecule has 0 fully saturated rings. The maximum absolute atomic E-state index is 6.38. The van der Waals surface area contributed by atoms with Crippen LogP contribution in [0.4, 0.5) is 0 Å². The molecule has 0 aliphatic carbocycles. The molecule has 0 bridgehead atoms. The van der Waals surface area contributed by atoms with Crippen LogP contribution in [0.2, 0.25) is 0 Å². The molecule has 0 unspecified atom stereocenters. The highest BCUT2D eigenvalue weighted by atomic mass is 16.3. The van der Waals surface area contributed by atoms with Gasteiger partial charge in [0.1, 0.15) is 22.3 Å². The molecule has 0 radical (unpaired) electrons. The summed E-state index contributed by atoms with van der Waals surface area (Å²) in [6.45, 7) is 0. The number of hydrogen-bond acceptors (Lipinski definition) is 3. The van der Waals surface area contributed by atoms with Gasteiger partial charge in [-0.05, 0) is 47.2 Å². The Labute approximate surface area is 171 Å². The van der Waals surface area contributed by atoms with Crippen molar-refractivity contribution in [3.8, 4) is 11.3 Å². The van der Waals surface area contributed by atoms with Crippen molar-refractivity contribution in [1.29, 1.82) is 0 Å². The zero-order valence-corrected chi connectivity index (χ0v) is 15.9. The quantitative estimate of drug-likeness (QED) is 0.291. The Morgan fingerprint density at radius 2 is 1.17 bits per heavy atom. The van der Waals surface area contributed by atoms with Crippen molar-refractivity contribution >= 4 is 54.6 Å². The van der Waals surface area contributed by atoms with E-state index in [1.54, 1.807) is 0 Å². The number of benzene rings is 4. The first kappa shape index (κ1) is 15.8. The lowest BCUT2D eigenvalue weighted by Gasteiger charge is -2.07. The van der Waals surface area contributed by atoms with E-state index in [2.05, 4.69) is 47.4 Å². The lowest BCUT2D eigenvalue weighted by molar-refractivity contribution is 0.663. The van der Waals surface area contributed by atoms with Crippen LogP contribution in [0.3, 0.4) is 0 Å². The molecule has 4 aromatic carbocycles. The number of pyridine rings is 1. The summed E-state index contributed by atoms with van der Waals surface area (Å²) < 4.78 is 12.5. The van der Waals surface area contributed by atoms with Gasteiger partial charge in [-0.15, -0.1) is 0 Å². The Morgan fingerprint density at radius 1 is 0.500 bits per heavy atom. The van der Waals surface area contributed by atoms with Crippen LogP contribution in [0.15, 0.2) is 100.0 Å². The summed E-state index contributed by atoms with van der Waals surface area (Å²) in [5, 5.41) is 6.77. The van der Waals surface area contributed by atoms with Gasteiger partial charge in [-0.3, -0.25) is 4.98 Å². The summed E-state index contributed by atoms with van der Waals surface area (Å²) in [5.41, 5.74) is 5.52. The van der Waals surface area contributed by atoms with Crippen molar-refractivity contribution in [3.05, 3.63) is 91.1 Å². The summed E-state index contributed by atoms with van der Waals surface area (Å²) in [6, 6.07) is 28.8. The van der Waals surface area contributed by atoms with Gasteiger partial charge in [0.05, 0.1) is 5.69 Å². The first-order chi connectivity index (χ1) is 14.9. The van der Waals surface area contributed by atoms with E-state index < -0.39 is 0 Å². The van der Waals surface area contributed by atoms with E-state index in [4.69, 9.17) is 8.83 Å². The molecule has 0 atom stereocenters. The highest BCUT2D eigenvalue weighted by molar-refractivity contribution is 6.31. The topological polar surface area (TPSA) is 39.2 Å². The minimum absolute atomic E-state index is 0.863. The van der Waals surface area contributed by atoms with E-state index in [1.165, 1.54) is 0 Å². The summed E-state index contributed by atoms with van der Waals surface area (Å²) in [6.07, 6.45) is 1.83. The van der Waals surface area contributed by atoms with Crippen LogP contribution in [0.5, 0.6) is 0 Å². The first-order valence-electron chi connectivity index (χ1n) is 9.98. The van der Waals surface area contributed by atoms with Gasteiger partial charge in [0, 0.05) is 33.3 Å². The molecule has 3 heterocycles. The highest BCUT2D eigenvalue weighted by Gasteiger charge is 2.19. The lowest BCUT2D eigenvalue weighted by atomic mass is 9.96. The standard InChI is InChI=1S/C27H15NO2/c1-2-8-17-16(7-1)19(20-10-5-6-14-28-20)15-24-25(17)27-23(30-24)13-12-22-26(27)18-9-3-4-11-21(18)29-22/h1-15H. The molecule has 140 valence electrons. The van der Waals surface area contributed by atoms with E-state index in [0.29, 0.717) is 0 Å². The van der Waals surface area contributed by atoms with Crippen LogP contribution >= 0.6 is 0 Å². The first-order valence-corrected chi connectivity index (χ1v) is 9.98. The van der Waals surface area contributed by atoms with E-state index in [9.17, 15) is 0 Å². The second-order valence-electron chi connectivity index (χ2n) is 7.57. The van der Waals surface area contributed by atoms with E-state index in [1.807, 2.05) is 48.7 Å². The number of para-hydroxylation sites is 1. The van der Waals surface area contributed by atoms with Crippen molar-refractivity contribution in [1.82, 2.24) is 4.98 Å². The van der Waals surface area contributed by atoms with E-state index in [0.717, 1.165) is 65.9 Å². The second kappa shape index (κ2) is 5.71. The van der Waals surface area contributed by atoms with Crippen LogP contribution in [-0.2, 0) is 0 Å². The highest BCUT2D eigenvalue weighted by Crippen LogP contribution is 2.44. The smallest absolute Gasteiger partial charge is 0.136 e. The minimum atomic E-state index is 0.863. The van der Waals surface area contributed by atoms with Crippen LogP contribution in [0.1, 0.15) is 0 Å². The Bertz CT molecular complexity index is 1740. The second-order valence-corrected chi connectivity index (χ2v) is 7.57. The van der Waals surface area contributed by atoms with Crippen LogP contribution < -0.4 is 0 Å². The molecule has 0 spiro atoms. The average Bonchev–Trinajstić information content (AvgIpc) is 3.37. The Morgan fingerprint density at radius 3 is 2.00 bits per heavy atom. The van der Waals surface area contributed by atoms with Gasteiger partial charge >= 0.3 is 0 Å². The van der Waals surface area contributed by atoms with Crippen LogP contribution in [0, 0.1) is 0 Å². The number of furan rings is 2. The normalized spacial score (nSPS) is 12.0. The fourth-order valence-corrected chi connectivity index (χ4v) is 4.67. The molecule has 30 heavy (non-hydrogen) atoms. The van der Waals surface area contributed by atoms with Crippen molar-refractivity contribution in [2.75, 3.05) is 0 Å². The van der Waals surface area contributed by atoms with Gasteiger partial charge in [-0.2, -0.15) is 0 Å². The maximum atomic E-state index is 6.38. The summed E-state index contributed by atoms with van der Waals surface area (Å²) in [7, 11) is 0. The molecular formula is C27H15NO2. The Hall–Kier alpha value is -4.11. The van der Waals surface area contributed by atoms with Gasteiger partial charge in [0.15, 0.2) is 0 Å². The zero-order chi connectivity index (χ0) is 19.7. The van der Waals surface area contributed by atoms with Crippen molar-refractivity contribution in [3.63, 3.8) is 0 Å². The molecule has 0 N–H and O–H groups in total. The summed E-state index contributed by atoms with van der Waals surface area (Å²) in [4.78, 5) is 4.59. The molecule has 3 aromatic heterocycles. The molecule has 0 amide bonds. The number of rotatable bonds is 1. The predicted octanol–water partition coefficient (Wildman–Crippen LogP) is 7.70. The Kier molecular flexibility index (Phi) is 3.00. The molecule has 3 heteroatoms. The number of aromatic nitrogens is 1. The van der Waals surface area contributed by atoms with Gasteiger partial charge in [0.25, 0.3) is 0 Å². The average molecular weight is 385 g/mol. The van der Waals surface area contributed by atoms with Gasteiger partial charge in [-0.25, -0.2) is 0 Å². The van der Waals surface area contributed by atoms with Crippen LogP contribution in [0.25, 0.3) is 65.9 Å². The lowest BCUT2D eigenvalue weighted by Crippen LogP contribution is -1.85. The number of fused-ring (bicyclic) bond motifs is 9. The van der Waals surface area contributed by atoms with Gasteiger partial charge in [0.2, 0.25) is 0 Å². The number of hydrogen-bond donors (Lipinski definition) is 0. The molecule has 0 saturated heterocycles. The number of nitrogens with zero attached hydrogens (tertiary/aromatic N) is 1. The van der Waals surface area contributed by atoms with E-state index >= 15 is 0 Å². The maximum Gasteiger partial charge on any atom is 0.136 e. The molecule has 0 saturated carbocycles. The van der Waals surface area contributed by atoms with E-state index in [-0.39, 0.29) is 0 Å². The molecule has 0 aliphatic heterocycles. The van der Waals surface area contributed by atoms with Crippen molar-refractivity contribution in [2.45, 2.75) is 0 Å². The fourth-order valence-electron chi connectivity index (χ4n) is 4.67. The fraction of sp³-hybridized carbons (Fsp3) is 0. The summed E-state index contributed by atoms with van der Waals surface area (Å²) >= 11 is 0. The molecular weight excluding hydrogens is 370 g/mol. The summed E-state index contributed by atoms with van der Waals surface area (Å²) in [5.74, 6) is 0. The zero-order valence-electron chi connectivity index (χ0n) is 15.9. The molecule has 7 rings (SSSR count). The predicted molar refractivity (Wildman–Crippen MR) is 122 cm³/mol. The third kappa shape index (κ3) is 2.01.